The monoisotopic (exact) mass is 292 g/mol. The van der Waals surface area contributed by atoms with Crippen LogP contribution in [0.25, 0.3) is 0 Å². The van der Waals surface area contributed by atoms with Crippen molar-refractivity contribution in [1.29, 1.82) is 0 Å². The van der Waals surface area contributed by atoms with Crippen LogP contribution in [0.2, 0.25) is 0 Å². The van der Waals surface area contributed by atoms with E-state index in [-0.39, 0.29) is 5.97 Å². The van der Waals surface area contributed by atoms with Crippen LogP contribution in [-0.2, 0) is 14.9 Å². The third-order valence-electron chi connectivity index (χ3n) is 3.18. The molecule has 0 spiro atoms. The van der Waals surface area contributed by atoms with Crippen LogP contribution in [-0.4, -0.2) is 15.9 Å². The molecule has 1 aromatic carbocycles. The smallest absolute Gasteiger partial charge is 0.321 e. The normalized spacial score (nSPS) is 28.5. The molecule has 0 amide bonds. The average molecular weight is 294 g/mol. The first-order valence-corrected chi connectivity index (χ1v) is 6.39. The molecule has 0 aliphatic carbocycles. The second-order valence-corrected chi connectivity index (χ2v) is 6.39. The van der Waals surface area contributed by atoms with Crippen LogP contribution < -0.4 is 0 Å². The Morgan fingerprint density at radius 1 is 1.29 bits per heavy atom. The first-order chi connectivity index (χ1) is 7.93. The fourth-order valence-electron chi connectivity index (χ4n) is 2.25. The summed E-state index contributed by atoms with van der Waals surface area (Å²) in [6.07, 6.45) is -0.200. The number of alkyl halides is 3. The molecule has 0 bridgehead atoms. The maximum atomic E-state index is 11.8. The van der Waals surface area contributed by atoms with Gasteiger partial charge in [0.1, 0.15) is 5.41 Å². The number of carbonyl (C=O) groups excluding carboxylic acids is 1. The van der Waals surface area contributed by atoms with E-state index < -0.39 is 15.3 Å². The van der Waals surface area contributed by atoms with E-state index in [4.69, 9.17) is 39.5 Å². The number of hydrogen-bond acceptors (Lipinski definition) is 2. The van der Waals surface area contributed by atoms with Crippen LogP contribution in [0, 0.1) is 0 Å². The molecule has 0 aromatic heterocycles. The van der Waals surface area contributed by atoms with Gasteiger partial charge in [-0.1, -0.05) is 72.1 Å². The summed E-state index contributed by atoms with van der Waals surface area (Å²) in [4.78, 5) is 11.8. The minimum absolute atomic E-state index is 0.331. The molecular formula is C12H11Cl3O2. The van der Waals surface area contributed by atoms with Crippen molar-refractivity contribution in [3.63, 3.8) is 0 Å². The van der Waals surface area contributed by atoms with E-state index in [0.29, 0.717) is 6.42 Å². The zero-order valence-corrected chi connectivity index (χ0v) is 11.4. The Hall–Kier alpha value is -0.440. The summed E-state index contributed by atoms with van der Waals surface area (Å²) < 4.78 is 3.42. The number of ether oxygens (including phenoxy) is 1. The number of cyclic esters (lactones) is 1. The second kappa shape index (κ2) is 4.34. The number of rotatable bonds is 2. The van der Waals surface area contributed by atoms with Gasteiger partial charge >= 0.3 is 5.97 Å². The minimum Gasteiger partial charge on any atom is -0.455 e. The van der Waals surface area contributed by atoms with Gasteiger partial charge in [-0.05, 0) is 12.0 Å². The third-order valence-corrected chi connectivity index (χ3v) is 3.78. The van der Waals surface area contributed by atoms with Gasteiger partial charge in [0, 0.05) is 0 Å². The predicted molar refractivity (Wildman–Crippen MR) is 68.6 cm³/mol. The molecule has 0 saturated carbocycles. The van der Waals surface area contributed by atoms with Crippen LogP contribution in [0.15, 0.2) is 30.3 Å². The molecule has 2 atom stereocenters. The number of hydrogen-bond donors (Lipinski definition) is 0. The maximum absolute atomic E-state index is 11.8. The molecule has 92 valence electrons. The van der Waals surface area contributed by atoms with Gasteiger partial charge < -0.3 is 4.74 Å². The number of esters is 1. The van der Waals surface area contributed by atoms with Gasteiger partial charge in [0.05, 0.1) is 0 Å². The van der Waals surface area contributed by atoms with E-state index in [1.807, 2.05) is 37.3 Å². The van der Waals surface area contributed by atoms with E-state index >= 15 is 0 Å². The Kier molecular flexibility index (Phi) is 3.32. The Morgan fingerprint density at radius 2 is 1.88 bits per heavy atom. The van der Waals surface area contributed by atoms with Gasteiger partial charge in [0.2, 0.25) is 3.79 Å². The van der Waals surface area contributed by atoms with Gasteiger partial charge in [0.25, 0.3) is 0 Å². The lowest BCUT2D eigenvalue weighted by Crippen LogP contribution is -2.64. The highest BCUT2D eigenvalue weighted by atomic mass is 35.6. The maximum Gasteiger partial charge on any atom is 0.321 e. The fraction of sp³-hybridized carbons (Fsp3) is 0.417. The largest absolute Gasteiger partial charge is 0.455 e. The number of carbonyl (C=O) groups is 1. The minimum atomic E-state index is -1.61. The third kappa shape index (κ3) is 1.92. The first kappa shape index (κ1) is 13.0. The Bertz CT molecular complexity index is 427. The van der Waals surface area contributed by atoms with Crippen molar-refractivity contribution in [2.75, 3.05) is 0 Å². The lowest BCUT2D eigenvalue weighted by Gasteiger charge is -2.49. The quantitative estimate of drug-likeness (QED) is 0.615. The molecule has 1 aliphatic rings. The van der Waals surface area contributed by atoms with Crippen molar-refractivity contribution in [3.05, 3.63) is 35.9 Å². The predicted octanol–water partition coefficient (Wildman–Crippen LogP) is 3.63. The molecule has 2 nitrogen and oxygen atoms in total. The molecule has 0 radical (unpaired) electrons. The molecule has 17 heavy (non-hydrogen) atoms. The highest BCUT2D eigenvalue weighted by Crippen LogP contribution is 2.52. The Balaban J connectivity index is 2.47. The summed E-state index contributed by atoms with van der Waals surface area (Å²) in [7, 11) is 0. The van der Waals surface area contributed by atoms with Crippen LogP contribution in [0.3, 0.4) is 0 Å². The second-order valence-electron chi connectivity index (χ2n) is 4.02. The zero-order valence-electron chi connectivity index (χ0n) is 9.12. The highest BCUT2D eigenvalue weighted by molar-refractivity contribution is 6.68. The van der Waals surface area contributed by atoms with E-state index in [0.717, 1.165) is 5.56 Å². The zero-order chi connectivity index (χ0) is 12.7. The van der Waals surface area contributed by atoms with Gasteiger partial charge in [0.15, 0.2) is 6.10 Å². The van der Waals surface area contributed by atoms with Gasteiger partial charge in [-0.15, -0.1) is 0 Å². The molecule has 0 N–H and O–H groups in total. The molecule has 5 heteroatoms. The standard InChI is InChI=1S/C12H11Cl3O2/c1-2-11(8-6-4-3-5-7-8)9(12(13,14)15)17-10(11)16/h3-7,9H,2H2,1H3/t9-,11+/m0/s1. The Labute approximate surface area is 115 Å². The molecular weight excluding hydrogens is 282 g/mol. The lowest BCUT2D eigenvalue weighted by molar-refractivity contribution is -0.191. The average Bonchev–Trinajstić information content (AvgIpc) is 2.27. The van der Waals surface area contributed by atoms with E-state index in [1.165, 1.54) is 0 Å². The van der Waals surface area contributed by atoms with Crippen LogP contribution >= 0.6 is 34.8 Å². The summed E-state index contributed by atoms with van der Waals surface area (Å²) in [5.74, 6) is -0.331. The topological polar surface area (TPSA) is 26.3 Å². The molecule has 2 rings (SSSR count). The molecule has 1 heterocycles. The molecule has 1 saturated heterocycles. The summed E-state index contributed by atoms with van der Waals surface area (Å²) in [5, 5.41) is 0. The van der Waals surface area contributed by atoms with Crippen molar-refractivity contribution < 1.29 is 9.53 Å². The summed E-state index contributed by atoms with van der Waals surface area (Å²) in [5.41, 5.74) is -0.0120. The molecule has 1 aromatic rings. The van der Waals surface area contributed by atoms with Crippen molar-refractivity contribution in [1.82, 2.24) is 0 Å². The fourth-order valence-corrected chi connectivity index (χ4v) is 2.94. The molecule has 1 fully saturated rings. The van der Waals surface area contributed by atoms with Crippen LogP contribution in [0.1, 0.15) is 18.9 Å². The van der Waals surface area contributed by atoms with Gasteiger partial charge in [-0.3, -0.25) is 4.79 Å². The first-order valence-electron chi connectivity index (χ1n) is 5.26. The number of benzene rings is 1. The molecule has 1 aliphatic heterocycles. The number of halogens is 3. The van der Waals surface area contributed by atoms with Crippen molar-refractivity contribution in [3.8, 4) is 0 Å². The SMILES string of the molecule is CC[C@]1(c2ccccc2)C(=O)O[C@@H]1C(Cl)(Cl)Cl. The van der Waals surface area contributed by atoms with E-state index in [1.54, 1.807) is 0 Å². The van der Waals surface area contributed by atoms with E-state index in [2.05, 4.69) is 0 Å². The van der Waals surface area contributed by atoms with E-state index in [9.17, 15) is 4.79 Å². The van der Waals surface area contributed by atoms with Crippen molar-refractivity contribution in [2.24, 2.45) is 0 Å². The summed E-state index contributed by atoms with van der Waals surface area (Å²) in [6, 6.07) is 9.30. The van der Waals surface area contributed by atoms with Crippen LogP contribution in [0.5, 0.6) is 0 Å². The van der Waals surface area contributed by atoms with Gasteiger partial charge in [-0.2, -0.15) is 0 Å². The van der Waals surface area contributed by atoms with Crippen molar-refractivity contribution in [2.45, 2.75) is 28.7 Å². The van der Waals surface area contributed by atoms with Crippen molar-refractivity contribution >= 4 is 40.8 Å². The highest BCUT2D eigenvalue weighted by Gasteiger charge is 2.65. The molecule has 0 unspecified atom stereocenters. The summed E-state index contributed by atoms with van der Waals surface area (Å²) in [6.45, 7) is 1.89. The summed E-state index contributed by atoms with van der Waals surface area (Å²) >= 11 is 17.6. The van der Waals surface area contributed by atoms with Gasteiger partial charge in [-0.25, -0.2) is 0 Å². The van der Waals surface area contributed by atoms with Crippen LogP contribution in [0.4, 0.5) is 0 Å². The Morgan fingerprint density at radius 3 is 2.29 bits per heavy atom. The lowest BCUT2D eigenvalue weighted by atomic mass is 9.70.